The van der Waals surface area contributed by atoms with Crippen molar-refractivity contribution in [1.29, 1.82) is 0 Å². The Morgan fingerprint density at radius 3 is 1.01 bits per heavy atom. The van der Waals surface area contributed by atoms with Crippen molar-refractivity contribution in [2.24, 2.45) is 0 Å². The van der Waals surface area contributed by atoms with Crippen molar-refractivity contribution < 1.29 is 36.1 Å². The molecule has 0 atom stereocenters. The van der Waals surface area contributed by atoms with E-state index >= 15 is 0 Å². The molecule has 0 bridgehead atoms. The highest BCUT2D eigenvalue weighted by molar-refractivity contribution is 7.53. The summed E-state index contributed by atoms with van der Waals surface area (Å²) < 4.78 is 63.2. The highest BCUT2D eigenvalue weighted by Gasteiger charge is 2.32. The van der Waals surface area contributed by atoms with E-state index in [2.05, 4.69) is 61.8 Å². The van der Waals surface area contributed by atoms with Gasteiger partial charge in [0.2, 0.25) is 11.8 Å². The van der Waals surface area contributed by atoms with E-state index in [0.717, 1.165) is 36.8 Å². The number of rotatable bonds is 34. The molecule has 0 aliphatic rings. The van der Waals surface area contributed by atoms with Crippen LogP contribution in [-0.4, -0.2) is 36.4 Å². The van der Waals surface area contributed by atoms with Crippen LogP contribution in [0.25, 0.3) is 22.2 Å². The van der Waals surface area contributed by atoms with Crippen LogP contribution in [0.1, 0.15) is 215 Å². The fourth-order valence-electron chi connectivity index (χ4n) is 8.78. The Morgan fingerprint density at radius 1 is 0.414 bits per heavy atom. The fraction of sp³-hybridized carbons (Fsp3) is 0.586. The van der Waals surface area contributed by atoms with Gasteiger partial charge in [-0.25, -0.2) is 9.97 Å². The number of benzene rings is 3. The molecule has 0 radical (unpaired) electrons. The first kappa shape index (κ1) is 56.9. The van der Waals surface area contributed by atoms with E-state index in [0.29, 0.717) is 33.3 Å². The van der Waals surface area contributed by atoms with E-state index in [9.17, 15) is 9.13 Å². The number of aryl methyl sites for hydroxylation is 2. The number of nitrogens with zero attached hydrogens (tertiary/aromatic N) is 2. The Balaban J connectivity index is 1.45. The van der Waals surface area contributed by atoms with E-state index in [-0.39, 0.29) is 50.5 Å². The standard InChI is InChI=1S/C58H82N2O8P2/c1-7-13-15-17-19-21-23-25-27-29-31-47-33-37-49(38-34-47)41-43-51-55-58(68-53(59-55)45-69(61,63-9-3)64-10-4)52(56-57(51)67-54(60-56)46-70(62,65-11-5)66-12-6)44-42-50-39-35-48(36-40-50)32-30-28-26-24-22-20-18-16-14-8-2/h33-40H,7-32,45-46H2,1-6H3. The first-order chi connectivity index (χ1) is 34.2. The molecule has 12 heteroatoms. The smallest absolute Gasteiger partial charge is 0.339 e. The second-order valence-corrected chi connectivity index (χ2v) is 22.4. The molecular formula is C58H82N2O8P2. The third-order valence-electron chi connectivity index (χ3n) is 12.4. The van der Waals surface area contributed by atoms with Gasteiger partial charge in [-0.2, -0.15) is 0 Å². The number of aromatic nitrogens is 2. The number of hydrogen-bond acceptors (Lipinski definition) is 10. The summed E-state index contributed by atoms with van der Waals surface area (Å²) in [5, 5.41) is 0. The summed E-state index contributed by atoms with van der Waals surface area (Å²) in [7, 11) is -7.23. The molecule has 3 aromatic carbocycles. The molecule has 0 amide bonds. The van der Waals surface area contributed by atoms with E-state index in [1.807, 2.05) is 24.3 Å². The first-order valence-electron chi connectivity index (χ1n) is 26.9. The van der Waals surface area contributed by atoms with E-state index in [4.69, 9.17) is 36.9 Å². The van der Waals surface area contributed by atoms with Gasteiger partial charge in [-0.15, -0.1) is 0 Å². The third kappa shape index (κ3) is 18.9. The highest BCUT2D eigenvalue weighted by atomic mass is 31.2. The van der Waals surface area contributed by atoms with E-state index < -0.39 is 15.2 Å². The maximum atomic E-state index is 13.8. The molecule has 382 valence electrons. The Labute approximate surface area is 420 Å². The molecule has 0 N–H and O–H groups in total. The van der Waals surface area contributed by atoms with Crippen molar-refractivity contribution >= 4 is 37.4 Å². The fourth-order valence-corrected chi connectivity index (χ4v) is 11.8. The topological polar surface area (TPSA) is 123 Å². The minimum absolute atomic E-state index is 0.143. The van der Waals surface area contributed by atoms with Crippen LogP contribution in [-0.2, 0) is 52.4 Å². The van der Waals surface area contributed by atoms with Gasteiger partial charge >= 0.3 is 15.2 Å². The summed E-state index contributed by atoms with van der Waals surface area (Å²) in [5.41, 5.74) is 6.33. The highest BCUT2D eigenvalue weighted by Crippen LogP contribution is 2.53. The Morgan fingerprint density at radius 2 is 0.714 bits per heavy atom. The van der Waals surface area contributed by atoms with Crippen LogP contribution in [0.15, 0.2) is 57.4 Å². The van der Waals surface area contributed by atoms with Crippen LogP contribution in [0.3, 0.4) is 0 Å². The molecule has 70 heavy (non-hydrogen) atoms. The number of hydrogen-bond donors (Lipinski definition) is 0. The van der Waals surface area contributed by atoms with Gasteiger partial charge in [0.05, 0.1) is 37.6 Å². The SMILES string of the molecule is CCCCCCCCCCCCc1ccc(C#Cc2c3nc(CP(=O)(OCC)OCC)oc3c(C#Cc3ccc(CCCCCCCCCCCC)cc3)c3nc(CP(=O)(OCC)OCC)oc23)cc1. The van der Waals surface area contributed by atoms with Crippen molar-refractivity contribution in [3.8, 4) is 23.7 Å². The van der Waals surface area contributed by atoms with E-state index in [1.54, 1.807) is 27.7 Å². The lowest BCUT2D eigenvalue weighted by atomic mass is 10.0. The molecule has 0 saturated heterocycles. The van der Waals surface area contributed by atoms with Gasteiger partial charge in [-0.1, -0.05) is 177 Å². The maximum Gasteiger partial charge on any atom is 0.339 e. The summed E-state index contributed by atoms with van der Waals surface area (Å²) in [6.45, 7) is 12.3. The van der Waals surface area contributed by atoms with Gasteiger partial charge in [0.15, 0.2) is 11.2 Å². The van der Waals surface area contributed by atoms with Crippen molar-refractivity contribution in [2.45, 2.75) is 195 Å². The van der Waals surface area contributed by atoms with Crippen LogP contribution < -0.4 is 0 Å². The second kappa shape index (κ2) is 31.5. The zero-order chi connectivity index (χ0) is 49.9. The first-order valence-corrected chi connectivity index (χ1v) is 30.3. The Bertz CT molecular complexity index is 2270. The van der Waals surface area contributed by atoms with Crippen molar-refractivity contribution in [1.82, 2.24) is 9.97 Å². The molecule has 0 unspecified atom stereocenters. The molecule has 5 rings (SSSR count). The summed E-state index contributed by atoms with van der Waals surface area (Å²) in [4.78, 5) is 9.78. The second-order valence-electron chi connectivity index (χ2n) is 18.3. The summed E-state index contributed by atoms with van der Waals surface area (Å²) in [6.07, 6.45) is 27.8. The van der Waals surface area contributed by atoms with Gasteiger partial charge < -0.3 is 26.9 Å². The van der Waals surface area contributed by atoms with Gasteiger partial charge in [0.25, 0.3) is 0 Å². The molecule has 0 aliphatic carbocycles. The maximum absolute atomic E-state index is 13.8. The number of oxazole rings is 2. The summed E-state index contributed by atoms with van der Waals surface area (Å²) >= 11 is 0. The number of unbranched alkanes of at least 4 members (excludes halogenated alkanes) is 18. The van der Waals surface area contributed by atoms with E-state index in [1.165, 1.54) is 127 Å². The lowest BCUT2D eigenvalue weighted by Gasteiger charge is -2.14. The molecule has 0 spiro atoms. The molecule has 0 saturated carbocycles. The van der Waals surface area contributed by atoms with Crippen LogP contribution >= 0.6 is 15.2 Å². The predicted molar refractivity (Wildman–Crippen MR) is 287 cm³/mol. The lowest BCUT2D eigenvalue weighted by molar-refractivity contribution is 0.216. The van der Waals surface area contributed by atoms with Crippen LogP contribution in [0.5, 0.6) is 0 Å². The lowest BCUT2D eigenvalue weighted by Crippen LogP contribution is -1.99. The molecule has 2 heterocycles. The molecule has 2 aromatic heterocycles. The summed E-state index contributed by atoms with van der Waals surface area (Å²) in [5.74, 6) is 13.6. The molecular weight excluding hydrogens is 915 g/mol. The van der Waals surface area contributed by atoms with Crippen LogP contribution in [0.2, 0.25) is 0 Å². The normalized spacial score (nSPS) is 11.9. The molecule has 10 nitrogen and oxygen atoms in total. The zero-order valence-corrected chi connectivity index (χ0v) is 45.3. The van der Waals surface area contributed by atoms with Gasteiger partial charge in [0.1, 0.15) is 23.4 Å². The van der Waals surface area contributed by atoms with Gasteiger partial charge in [-0.05, 0) is 88.8 Å². The largest absolute Gasteiger partial charge is 0.439 e. The van der Waals surface area contributed by atoms with Gasteiger partial charge in [0, 0.05) is 11.1 Å². The summed E-state index contributed by atoms with van der Waals surface area (Å²) in [6, 6.07) is 16.7. The van der Waals surface area contributed by atoms with Crippen LogP contribution in [0.4, 0.5) is 0 Å². The minimum Gasteiger partial charge on any atom is -0.439 e. The zero-order valence-electron chi connectivity index (χ0n) is 43.5. The molecule has 5 aromatic rings. The average molecular weight is 997 g/mol. The van der Waals surface area contributed by atoms with Crippen LogP contribution in [0, 0.1) is 23.7 Å². The molecule has 0 aliphatic heterocycles. The molecule has 0 fully saturated rings. The van der Waals surface area contributed by atoms with Gasteiger partial charge in [-0.3, -0.25) is 9.13 Å². The quantitative estimate of drug-likeness (QED) is 0.0224. The van der Waals surface area contributed by atoms with Crippen molar-refractivity contribution in [3.63, 3.8) is 0 Å². The average Bonchev–Trinajstić information content (AvgIpc) is 3.95. The Kier molecular flexibility index (Phi) is 25.6. The number of fused-ring (bicyclic) bond motifs is 2. The van der Waals surface area contributed by atoms with Crippen molar-refractivity contribution in [3.05, 3.63) is 93.7 Å². The predicted octanol–water partition coefficient (Wildman–Crippen LogP) is 17.2. The Hall–Kier alpha value is -3.98. The minimum atomic E-state index is -3.61. The monoisotopic (exact) mass is 997 g/mol. The van der Waals surface area contributed by atoms with Crippen molar-refractivity contribution in [2.75, 3.05) is 26.4 Å². The third-order valence-corrected chi connectivity index (χ3v) is 16.4.